The zero-order chi connectivity index (χ0) is 19.9. The molecule has 0 saturated heterocycles. The van der Waals surface area contributed by atoms with Crippen molar-refractivity contribution in [3.8, 4) is 28.5 Å². The molecule has 0 bridgehead atoms. The van der Waals surface area contributed by atoms with Crippen molar-refractivity contribution in [2.75, 3.05) is 21.3 Å². The maximum atomic E-state index is 12.3. The number of hydrazone groups is 1. The van der Waals surface area contributed by atoms with Gasteiger partial charge < -0.3 is 14.2 Å². The van der Waals surface area contributed by atoms with Crippen molar-refractivity contribution in [3.05, 3.63) is 59.8 Å². The van der Waals surface area contributed by atoms with E-state index in [1.807, 2.05) is 24.3 Å². The van der Waals surface area contributed by atoms with Crippen molar-refractivity contribution in [3.63, 3.8) is 0 Å². The maximum Gasteiger partial charge on any atom is 0.289 e. The predicted molar refractivity (Wildman–Crippen MR) is 105 cm³/mol. The summed E-state index contributed by atoms with van der Waals surface area (Å²) in [6.45, 7) is 0. The van der Waals surface area contributed by atoms with Crippen molar-refractivity contribution in [2.24, 2.45) is 5.10 Å². The first-order chi connectivity index (χ1) is 13.6. The molecule has 0 unspecified atom stereocenters. The maximum absolute atomic E-state index is 12.3. The van der Waals surface area contributed by atoms with Crippen LogP contribution in [0.25, 0.3) is 11.3 Å². The molecule has 0 radical (unpaired) electrons. The summed E-state index contributed by atoms with van der Waals surface area (Å²) in [4.78, 5) is 12.3. The van der Waals surface area contributed by atoms with Crippen LogP contribution in [0.15, 0.2) is 53.6 Å². The van der Waals surface area contributed by atoms with Gasteiger partial charge in [-0.1, -0.05) is 0 Å². The lowest BCUT2D eigenvalue weighted by molar-refractivity contribution is 0.0950. The molecule has 2 aromatic carbocycles. The van der Waals surface area contributed by atoms with Gasteiger partial charge in [-0.25, -0.2) is 5.43 Å². The van der Waals surface area contributed by atoms with Gasteiger partial charge in [0.25, 0.3) is 5.91 Å². The van der Waals surface area contributed by atoms with E-state index in [2.05, 4.69) is 20.7 Å². The van der Waals surface area contributed by atoms with E-state index in [1.54, 1.807) is 45.6 Å². The molecule has 2 N–H and O–H groups in total. The number of carbonyl (C=O) groups is 1. The molecule has 1 heterocycles. The van der Waals surface area contributed by atoms with Crippen LogP contribution >= 0.6 is 0 Å². The topological polar surface area (TPSA) is 97.8 Å². The summed E-state index contributed by atoms with van der Waals surface area (Å²) in [7, 11) is 4.73. The second-order valence-corrected chi connectivity index (χ2v) is 5.70. The molecule has 0 atom stereocenters. The van der Waals surface area contributed by atoms with E-state index in [0.717, 1.165) is 11.3 Å². The van der Waals surface area contributed by atoms with Crippen LogP contribution in [0.2, 0.25) is 0 Å². The number of amides is 1. The quantitative estimate of drug-likeness (QED) is 0.485. The third-order valence-electron chi connectivity index (χ3n) is 4.02. The number of rotatable bonds is 7. The molecule has 0 saturated carbocycles. The monoisotopic (exact) mass is 380 g/mol. The first-order valence-electron chi connectivity index (χ1n) is 8.40. The Morgan fingerprint density at radius 2 is 1.71 bits per heavy atom. The molecular weight excluding hydrogens is 360 g/mol. The van der Waals surface area contributed by atoms with Gasteiger partial charge in [-0.05, 0) is 42.5 Å². The number of hydrogen-bond acceptors (Lipinski definition) is 6. The van der Waals surface area contributed by atoms with Gasteiger partial charge in [-0.3, -0.25) is 9.89 Å². The lowest BCUT2D eigenvalue weighted by atomic mass is 10.1. The molecule has 0 aliphatic heterocycles. The second kappa shape index (κ2) is 8.72. The van der Waals surface area contributed by atoms with Crippen LogP contribution in [0.5, 0.6) is 17.2 Å². The van der Waals surface area contributed by atoms with Crippen LogP contribution in [-0.2, 0) is 0 Å². The van der Waals surface area contributed by atoms with Gasteiger partial charge in [-0.2, -0.15) is 10.2 Å². The Morgan fingerprint density at radius 1 is 1.00 bits per heavy atom. The number of hydrogen-bond donors (Lipinski definition) is 2. The molecular formula is C20H20N4O4. The number of nitrogens with one attached hydrogen (secondary N) is 2. The number of aromatic nitrogens is 2. The van der Waals surface area contributed by atoms with Gasteiger partial charge in [-0.15, -0.1) is 0 Å². The molecule has 8 nitrogen and oxygen atoms in total. The standard InChI is InChI=1S/C20H20N4O4/c1-26-15-7-4-13(5-8-15)17-11-18(23-22-17)20(25)24-21-12-14-6-9-16(27-2)10-19(14)28-3/h4-12H,1-3H3,(H,22,23)(H,24,25)/b21-12-. The fraction of sp³-hybridized carbons (Fsp3) is 0.150. The number of aromatic amines is 1. The first-order valence-corrected chi connectivity index (χ1v) is 8.40. The summed E-state index contributed by atoms with van der Waals surface area (Å²) in [6, 6.07) is 14.3. The third-order valence-corrected chi connectivity index (χ3v) is 4.02. The van der Waals surface area contributed by atoms with Gasteiger partial charge >= 0.3 is 0 Å². The average molecular weight is 380 g/mol. The molecule has 0 fully saturated rings. The molecule has 1 amide bonds. The van der Waals surface area contributed by atoms with E-state index in [1.165, 1.54) is 6.21 Å². The van der Waals surface area contributed by atoms with Crippen LogP contribution in [0.3, 0.4) is 0 Å². The van der Waals surface area contributed by atoms with E-state index in [0.29, 0.717) is 28.5 Å². The van der Waals surface area contributed by atoms with Crippen LogP contribution in [-0.4, -0.2) is 43.6 Å². The van der Waals surface area contributed by atoms with Crippen molar-refractivity contribution >= 4 is 12.1 Å². The SMILES string of the molecule is COc1ccc(-c2cc(C(=O)N/N=C\c3ccc(OC)cc3OC)[nH]n2)cc1. The molecule has 3 aromatic rings. The summed E-state index contributed by atoms with van der Waals surface area (Å²) >= 11 is 0. The lowest BCUT2D eigenvalue weighted by Crippen LogP contribution is -2.18. The van der Waals surface area contributed by atoms with Gasteiger partial charge in [0.05, 0.1) is 33.2 Å². The van der Waals surface area contributed by atoms with E-state index < -0.39 is 5.91 Å². The van der Waals surface area contributed by atoms with Crippen molar-refractivity contribution in [2.45, 2.75) is 0 Å². The smallest absolute Gasteiger partial charge is 0.289 e. The summed E-state index contributed by atoms with van der Waals surface area (Å²) in [5, 5.41) is 10.9. The predicted octanol–water partition coefficient (Wildman–Crippen LogP) is 2.87. The van der Waals surface area contributed by atoms with E-state index in [4.69, 9.17) is 14.2 Å². The number of nitrogens with zero attached hydrogens (tertiary/aromatic N) is 2. The highest BCUT2D eigenvalue weighted by molar-refractivity contribution is 5.94. The molecule has 28 heavy (non-hydrogen) atoms. The highest BCUT2D eigenvalue weighted by atomic mass is 16.5. The number of ether oxygens (including phenoxy) is 3. The fourth-order valence-corrected chi connectivity index (χ4v) is 2.49. The van der Waals surface area contributed by atoms with Gasteiger partial charge in [0.1, 0.15) is 22.9 Å². The summed E-state index contributed by atoms with van der Waals surface area (Å²) in [6.07, 6.45) is 1.50. The normalized spacial score (nSPS) is 10.7. The molecule has 0 aliphatic carbocycles. The molecule has 3 rings (SSSR count). The molecule has 144 valence electrons. The third kappa shape index (κ3) is 4.29. The van der Waals surface area contributed by atoms with Crippen LogP contribution in [0.1, 0.15) is 16.1 Å². The summed E-state index contributed by atoms with van der Waals surface area (Å²) in [5.74, 6) is 1.60. The summed E-state index contributed by atoms with van der Waals surface area (Å²) in [5.41, 5.74) is 4.97. The van der Waals surface area contributed by atoms with Gasteiger partial charge in [0, 0.05) is 17.2 Å². The summed E-state index contributed by atoms with van der Waals surface area (Å²) < 4.78 is 15.6. The largest absolute Gasteiger partial charge is 0.497 e. The minimum atomic E-state index is -0.406. The Kier molecular flexibility index (Phi) is 5.91. The Hall–Kier alpha value is -3.81. The van der Waals surface area contributed by atoms with Crippen LogP contribution in [0.4, 0.5) is 0 Å². The molecule has 8 heteroatoms. The van der Waals surface area contributed by atoms with Crippen LogP contribution in [0, 0.1) is 0 Å². The minimum absolute atomic E-state index is 0.296. The number of methoxy groups -OCH3 is 3. The Morgan fingerprint density at radius 3 is 2.39 bits per heavy atom. The van der Waals surface area contributed by atoms with E-state index >= 15 is 0 Å². The Balaban J connectivity index is 1.67. The highest BCUT2D eigenvalue weighted by Crippen LogP contribution is 2.23. The highest BCUT2D eigenvalue weighted by Gasteiger charge is 2.11. The molecule has 0 spiro atoms. The average Bonchev–Trinajstić information content (AvgIpc) is 3.24. The van der Waals surface area contributed by atoms with E-state index in [9.17, 15) is 4.79 Å². The molecule has 1 aromatic heterocycles. The zero-order valence-electron chi connectivity index (χ0n) is 15.7. The number of carbonyl (C=O) groups excluding carboxylic acids is 1. The molecule has 0 aliphatic rings. The second-order valence-electron chi connectivity index (χ2n) is 5.70. The van der Waals surface area contributed by atoms with E-state index in [-0.39, 0.29) is 0 Å². The number of benzene rings is 2. The number of H-pyrrole nitrogens is 1. The fourth-order valence-electron chi connectivity index (χ4n) is 2.49. The first kappa shape index (κ1) is 19.0. The van der Waals surface area contributed by atoms with Crippen LogP contribution < -0.4 is 19.6 Å². The van der Waals surface area contributed by atoms with Crippen molar-refractivity contribution < 1.29 is 19.0 Å². The lowest BCUT2D eigenvalue weighted by Gasteiger charge is -2.06. The zero-order valence-corrected chi connectivity index (χ0v) is 15.7. The Labute approximate surface area is 162 Å². The van der Waals surface area contributed by atoms with Gasteiger partial charge in [0.2, 0.25) is 0 Å². The minimum Gasteiger partial charge on any atom is -0.497 e. The van der Waals surface area contributed by atoms with Gasteiger partial charge in [0.15, 0.2) is 0 Å². The van der Waals surface area contributed by atoms with Crippen molar-refractivity contribution in [1.29, 1.82) is 0 Å². The Bertz CT molecular complexity index is 980. The van der Waals surface area contributed by atoms with Crippen molar-refractivity contribution in [1.82, 2.24) is 15.6 Å².